The average Bonchev–Trinajstić information content (AvgIpc) is 3.02. The number of hydrogen-bond acceptors (Lipinski definition) is 3. The van der Waals surface area contributed by atoms with Crippen LogP contribution in [-0.4, -0.2) is 18.6 Å². The molecule has 1 aliphatic rings. The summed E-state index contributed by atoms with van der Waals surface area (Å²) in [5, 5.41) is 3.50. The van der Waals surface area contributed by atoms with Crippen LogP contribution in [0.2, 0.25) is 0 Å². The predicted molar refractivity (Wildman–Crippen MR) is 78.7 cm³/mol. The van der Waals surface area contributed by atoms with E-state index in [4.69, 9.17) is 0 Å². The lowest BCUT2D eigenvalue weighted by atomic mass is 10.1. The van der Waals surface area contributed by atoms with Crippen molar-refractivity contribution in [1.82, 2.24) is 10.3 Å². The molecule has 2 aromatic rings. The van der Waals surface area contributed by atoms with E-state index in [0.29, 0.717) is 6.04 Å². The summed E-state index contributed by atoms with van der Waals surface area (Å²) >= 11 is 0. The number of para-hydroxylation sites is 1. The Labute approximate surface area is 114 Å². The molecule has 1 aliphatic heterocycles. The zero-order valence-electron chi connectivity index (χ0n) is 11.2. The lowest BCUT2D eigenvalue weighted by Gasteiger charge is -2.19. The smallest absolute Gasteiger partial charge is 0.132 e. The average molecular weight is 253 g/mol. The van der Waals surface area contributed by atoms with Crippen LogP contribution >= 0.6 is 0 Å². The van der Waals surface area contributed by atoms with Crippen LogP contribution in [0.3, 0.4) is 0 Å². The molecule has 0 spiro atoms. The monoisotopic (exact) mass is 253 g/mol. The fourth-order valence-corrected chi connectivity index (χ4v) is 2.55. The Balaban J connectivity index is 1.78. The third-order valence-electron chi connectivity index (χ3n) is 3.72. The second-order valence-corrected chi connectivity index (χ2v) is 4.99. The Bertz CT molecular complexity index is 515. The standard InChI is InChI=1S/C16H19N3/c1-19(14-6-3-2-4-7-14)16-10-9-13(12-18-16)15-8-5-11-17-15/h2-4,6-7,9-10,12,15,17H,5,8,11H2,1H3/t15-/m0/s1. The van der Waals surface area contributed by atoms with Gasteiger partial charge in [-0.1, -0.05) is 24.3 Å². The largest absolute Gasteiger partial charge is 0.329 e. The van der Waals surface area contributed by atoms with Crippen LogP contribution in [0.25, 0.3) is 0 Å². The Morgan fingerprint density at radius 1 is 1.16 bits per heavy atom. The van der Waals surface area contributed by atoms with Gasteiger partial charge >= 0.3 is 0 Å². The van der Waals surface area contributed by atoms with Crippen molar-refractivity contribution < 1.29 is 0 Å². The minimum absolute atomic E-state index is 0.489. The molecule has 0 saturated carbocycles. The van der Waals surface area contributed by atoms with Gasteiger partial charge in [0.15, 0.2) is 0 Å². The van der Waals surface area contributed by atoms with E-state index >= 15 is 0 Å². The van der Waals surface area contributed by atoms with Crippen molar-refractivity contribution in [3.63, 3.8) is 0 Å². The Morgan fingerprint density at radius 3 is 2.63 bits per heavy atom. The van der Waals surface area contributed by atoms with E-state index in [0.717, 1.165) is 18.1 Å². The predicted octanol–water partition coefficient (Wildman–Crippen LogP) is 3.27. The van der Waals surface area contributed by atoms with Gasteiger partial charge in [-0.15, -0.1) is 0 Å². The summed E-state index contributed by atoms with van der Waals surface area (Å²) < 4.78 is 0. The molecule has 0 amide bonds. The maximum Gasteiger partial charge on any atom is 0.132 e. The van der Waals surface area contributed by atoms with E-state index in [1.807, 2.05) is 31.4 Å². The number of anilines is 2. The van der Waals surface area contributed by atoms with Crippen LogP contribution in [0, 0.1) is 0 Å². The molecular weight excluding hydrogens is 234 g/mol. The SMILES string of the molecule is CN(c1ccccc1)c1ccc([C@@H]2CCCN2)cn1. The van der Waals surface area contributed by atoms with Gasteiger partial charge in [0.25, 0.3) is 0 Å². The van der Waals surface area contributed by atoms with Crippen molar-refractivity contribution >= 4 is 11.5 Å². The van der Waals surface area contributed by atoms with E-state index in [9.17, 15) is 0 Å². The van der Waals surface area contributed by atoms with Crippen molar-refractivity contribution in [2.75, 3.05) is 18.5 Å². The maximum atomic E-state index is 4.59. The van der Waals surface area contributed by atoms with E-state index in [2.05, 4.69) is 39.5 Å². The third kappa shape index (κ3) is 2.61. The molecule has 3 heteroatoms. The highest BCUT2D eigenvalue weighted by Gasteiger charge is 2.16. The molecule has 0 unspecified atom stereocenters. The molecule has 19 heavy (non-hydrogen) atoms. The zero-order valence-corrected chi connectivity index (χ0v) is 11.2. The first-order valence-corrected chi connectivity index (χ1v) is 6.83. The van der Waals surface area contributed by atoms with Gasteiger partial charge in [0.1, 0.15) is 5.82 Å². The molecule has 0 radical (unpaired) electrons. The summed E-state index contributed by atoms with van der Waals surface area (Å²) in [6.45, 7) is 1.12. The second kappa shape index (κ2) is 5.41. The van der Waals surface area contributed by atoms with Gasteiger partial charge in [-0.2, -0.15) is 0 Å². The van der Waals surface area contributed by atoms with Gasteiger partial charge in [0, 0.05) is 25.0 Å². The van der Waals surface area contributed by atoms with Gasteiger partial charge in [-0.05, 0) is 43.1 Å². The first-order chi connectivity index (χ1) is 9.34. The lowest BCUT2D eigenvalue weighted by Crippen LogP contribution is -2.14. The quantitative estimate of drug-likeness (QED) is 0.910. The minimum atomic E-state index is 0.489. The molecule has 1 saturated heterocycles. The Hall–Kier alpha value is -1.87. The normalized spacial score (nSPS) is 18.5. The number of aromatic nitrogens is 1. The van der Waals surface area contributed by atoms with E-state index in [1.165, 1.54) is 18.4 Å². The maximum absolute atomic E-state index is 4.59. The van der Waals surface area contributed by atoms with Crippen LogP contribution in [0.5, 0.6) is 0 Å². The topological polar surface area (TPSA) is 28.2 Å². The van der Waals surface area contributed by atoms with Crippen LogP contribution in [0.15, 0.2) is 48.7 Å². The summed E-state index contributed by atoms with van der Waals surface area (Å²) in [5.41, 5.74) is 2.45. The summed E-state index contributed by atoms with van der Waals surface area (Å²) in [4.78, 5) is 6.69. The Kier molecular flexibility index (Phi) is 3.47. The van der Waals surface area contributed by atoms with Gasteiger partial charge < -0.3 is 10.2 Å². The van der Waals surface area contributed by atoms with Gasteiger partial charge in [-0.25, -0.2) is 4.98 Å². The first kappa shape index (κ1) is 12.2. The van der Waals surface area contributed by atoms with Gasteiger partial charge in [0.2, 0.25) is 0 Å². The molecule has 1 N–H and O–H groups in total. The highest BCUT2D eigenvalue weighted by molar-refractivity contribution is 5.58. The summed E-state index contributed by atoms with van der Waals surface area (Å²) in [6.07, 6.45) is 4.48. The molecule has 3 nitrogen and oxygen atoms in total. The molecule has 1 aromatic heterocycles. The van der Waals surface area contributed by atoms with E-state index in [1.54, 1.807) is 0 Å². The number of hydrogen-bond donors (Lipinski definition) is 1. The minimum Gasteiger partial charge on any atom is -0.329 e. The van der Waals surface area contributed by atoms with Crippen molar-refractivity contribution in [2.45, 2.75) is 18.9 Å². The summed E-state index contributed by atoms with van der Waals surface area (Å²) in [5.74, 6) is 0.980. The Morgan fingerprint density at radius 2 is 2.00 bits per heavy atom. The number of rotatable bonds is 3. The van der Waals surface area contributed by atoms with E-state index < -0.39 is 0 Å². The molecule has 1 fully saturated rings. The number of nitrogens with zero attached hydrogens (tertiary/aromatic N) is 2. The molecular formula is C16H19N3. The third-order valence-corrected chi connectivity index (χ3v) is 3.72. The van der Waals surface area contributed by atoms with Crippen molar-refractivity contribution in [2.24, 2.45) is 0 Å². The molecule has 2 heterocycles. The molecule has 98 valence electrons. The van der Waals surface area contributed by atoms with Crippen molar-refractivity contribution in [3.05, 3.63) is 54.2 Å². The summed E-state index contributed by atoms with van der Waals surface area (Å²) in [6, 6.07) is 15.1. The molecule has 0 aliphatic carbocycles. The first-order valence-electron chi connectivity index (χ1n) is 6.83. The lowest BCUT2D eigenvalue weighted by molar-refractivity contribution is 0.645. The number of benzene rings is 1. The highest BCUT2D eigenvalue weighted by atomic mass is 15.2. The molecule has 1 atom stereocenters. The van der Waals surface area contributed by atoms with Crippen molar-refractivity contribution in [3.8, 4) is 0 Å². The molecule has 0 bridgehead atoms. The fourth-order valence-electron chi connectivity index (χ4n) is 2.55. The molecule has 3 rings (SSSR count). The number of pyridine rings is 1. The van der Waals surface area contributed by atoms with Crippen molar-refractivity contribution in [1.29, 1.82) is 0 Å². The van der Waals surface area contributed by atoms with Gasteiger partial charge in [-0.3, -0.25) is 0 Å². The fraction of sp³-hybridized carbons (Fsp3) is 0.312. The summed E-state index contributed by atoms with van der Waals surface area (Å²) in [7, 11) is 2.05. The number of nitrogens with one attached hydrogen (secondary N) is 1. The van der Waals surface area contributed by atoms with E-state index in [-0.39, 0.29) is 0 Å². The van der Waals surface area contributed by atoms with Gasteiger partial charge in [0.05, 0.1) is 0 Å². The molecule has 1 aromatic carbocycles. The van der Waals surface area contributed by atoms with Crippen LogP contribution in [-0.2, 0) is 0 Å². The zero-order chi connectivity index (χ0) is 13.1. The second-order valence-electron chi connectivity index (χ2n) is 4.99. The highest BCUT2D eigenvalue weighted by Crippen LogP contribution is 2.25. The van der Waals surface area contributed by atoms with Crippen LogP contribution < -0.4 is 10.2 Å². The van der Waals surface area contributed by atoms with Crippen LogP contribution in [0.4, 0.5) is 11.5 Å². The van der Waals surface area contributed by atoms with Crippen LogP contribution in [0.1, 0.15) is 24.4 Å².